The van der Waals surface area contributed by atoms with Gasteiger partial charge in [0.25, 0.3) is 0 Å². The first-order chi connectivity index (χ1) is 11.8. The number of nitrogens with one attached hydrogen (secondary N) is 1. The smallest absolute Gasteiger partial charge is 0.230 e. The molecule has 1 N–H and O–H groups in total. The number of benzene rings is 1. The third-order valence-electron chi connectivity index (χ3n) is 3.65. The van der Waals surface area contributed by atoms with Crippen LogP contribution in [0.1, 0.15) is 52.6 Å². The van der Waals surface area contributed by atoms with Crippen LogP contribution < -0.4 is 5.32 Å². The topological polar surface area (TPSA) is 72.7 Å². The highest BCUT2D eigenvalue weighted by atomic mass is 32.2. The summed E-state index contributed by atoms with van der Waals surface area (Å²) in [6.07, 6.45) is 0.903. The fourth-order valence-electron chi connectivity index (χ4n) is 2.49. The number of thioether (sulfide) groups is 1. The average molecular weight is 362 g/mol. The summed E-state index contributed by atoms with van der Waals surface area (Å²) in [7, 11) is 0. The van der Waals surface area contributed by atoms with Gasteiger partial charge in [-0.1, -0.05) is 55.9 Å². The lowest BCUT2D eigenvalue weighted by Gasteiger charge is -2.22. The first-order valence-corrected chi connectivity index (χ1v) is 9.52. The van der Waals surface area contributed by atoms with E-state index in [0.29, 0.717) is 11.1 Å². The number of aromatic nitrogens is 4. The fourth-order valence-corrected chi connectivity index (χ4v) is 3.36. The monoisotopic (exact) mass is 361 g/mol. The number of tetrazole rings is 1. The second-order valence-electron chi connectivity index (χ2n) is 7.49. The van der Waals surface area contributed by atoms with E-state index < -0.39 is 0 Å². The van der Waals surface area contributed by atoms with Crippen molar-refractivity contribution in [2.45, 2.75) is 57.8 Å². The second-order valence-corrected chi connectivity index (χ2v) is 8.44. The van der Waals surface area contributed by atoms with E-state index >= 15 is 0 Å². The van der Waals surface area contributed by atoms with Crippen LogP contribution in [0.25, 0.3) is 0 Å². The van der Waals surface area contributed by atoms with E-state index in [2.05, 4.69) is 46.8 Å². The molecule has 0 saturated heterocycles. The first-order valence-electron chi connectivity index (χ1n) is 8.53. The summed E-state index contributed by atoms with van der Waals surface area (Å²) in [5.74, 6) is 0.770. The number of carbonyl (C=O) groups is 1. The molecule has 25 heavy (non-hydrogen) atoms. The number of carbonyl (C=O) groups excluding carboxylic acids is 1. The van der Waals surface area contributed by atoms with Crippen LogP contribution in [0.15, 0.2) is 35.5 Å². The van der Waals surface area contributed by atoms with Crippen molar-refractivity contribution in [1.82, 2.24) is 25.5 Å². The minimum Gasteiger partial charge on any atom is -0.349 e. The zero-order chi connectivity index (χ0) is 18.4. The summed E-state index contributed by atoms with van der Waals surface area (Å²) in [4.78, 5) is 12.5. The molecule has 1 amide bonds. The number of rotatable bonds is 7. The molecule has 0 aliphatic rings. The van der Waals surface area contributed by atoms with Crippen LogP contribution in [0.3, 0.4) is 0 Å². The lowest BCUT2D eigenvalue weighted by molar-refractivity contribution is -0.119. The van der Waals surface area contributed by atoms with Crippen LogP contribution >= 0.6 is 11.8 Å². The quantitative estimate of drug-likeness (QED) is 0.765. The van der Waals surface area contributed by atoms with Crippen LogP contribution in [0.4, 0.5) is 0 Å². The minimum absolute atomic E-state index is 0.0111. The van der Waals surface area contributed by atoms with Gasteiger partial charge < -0.3 is 5.32 Å². The Labute approximate surface area is 153 Å². The summed E-state index contributed by atoms with van der Waals surface area (Å²) in [5.41, 5.74) is 0.918. The Morgan fingerprint density at radius 2 is 1.92 bits per heavy atom. The van der Waals surface area contributed by atoms with Crippen LogP contribution in [0.2, 0.25) is 0 Å². The zero-order valence-corrected chi connectivity index (χ0v) is 16.4. The van der Waals surface area contributed by atoms with Gasteiger partial charge in [-0.15, -0.1) is 5.10 Å². The molecule has 0 radical (unpaired) electrons. The van der Waals surface area contributed by atoms with Gasteiger partial charge in [0.2, 0.25) is 11.1 Å². The highest BCUT2D eigenvalue weighted by molar-refractivity contribution is 7.99. The van der Waals surface area contributed by atoms with Crippen molar-refractivity contribution in [1.29, 1.82) is 0 Å². The maximum atomic E-state index is 12.5. The summed E-state index contributed by atoms with van der Waals surface area (Å²) >= 11 is 1.36. The van der Waals surface area contributed by atoms with E-state index in [4.69, 9.17) is 0 Å². The van der Waals surface area contributed by atoms with Gasteiger partial charge in [0.1, 0.15) is 0 Å². The highest BCUT2D eigenvalue weighted by Gasteiger charge is 2.21. The lowest BCUT2D eigenvalue weighted by Crippen LogP contribution is -2.31. The summed E-state index contributed by atoms with van der Waals surface area (Å²) in [5, 5.41) is 15.6. The molecule has 0 aliphatic heterocycles. The Hall–Kier alpha value is -1.89. The molecule has 1 aromatic heterocycles. The molecule has 2 rings (SSSR count). The molecule has 6 nitrogen and oxygen atoms in total. The predicted octanol–water partition coefficient (Wildman–Crippen LogP) is 3.42. The molecule has 1 aromatic carbocycles. The molecule has 7 heteroatoms. The van der Waals surface area contributed by atoms with Crippen molar-refractivity contribution in [3.63, 3.8) is 0 Å². The Morgan fingerprint density at radius 3 is 2.52 bits per heavy atom. The largest absolute Gasteiger partial charge is 0.349 e. The average Bonchev–Trinajstić information content (AvgIpc) is 3.01. The van der Waals surface area contributed by atoms with Crippen LogP contribution in [-0.2, 0) is 10.3 Å². The molecule has 2 aromatic rings. The normalized spacial score (nSPS) is 13.0. The second kappa shape index (κ2) is 8.47. The predicted molar refractivity (Wildman–Crippen MR) is 100 cm³/mol. The van der Waals surface area contributed by atoms with Gasteiger partial charge in [-0.25, -0.2) is 4.68 Å². The third-order valence-corrected chi connectivity index (χ3v) is 4.57. The number of hydrogen-bond donors (Lipinski definition) is 1. The summed E-state index contributed by atoms with van der Waals surface area (Å²) in [6, 6.07) is 10.1. The number of amides is 1. The van der Waals surface area contributed by atoms with Gasteiger partial charge in [-0.3, -0.25) is 4.79 Å². The van der Waals surface area contributed by atoms with Crippen LogP contribution in [-0.4, -0.2) is 31.9 Å². The first kappa shape index (κ1) is 19.4. The van der Waals surface area contributed by atoms with E-state index in [1.807, 2.05) is 39.0 Å². The lowest BCUT2D eigenvalue weighted by atomic mass is 9.97. The van der Waals surface area contributed by atoms with E-state index in [1.54, 1.807) is 4.68 Å². The maximum Gasteiger partial charge on any atom is 0.230 e. The van der Waals surface area contributed by atoms with Crippen molar-refractivity contribution in [2.24, 2.45) is 5.92 Å². The third kappa shape index (κ3) is 5.85. The van der Waals surface area contributed by atoms with Crippen molar-refractivity contribution >= 4 is 17.7 Å². The van der Waals surface area contributed by atoms with Crippen LogP contribution in [0, 0.1) is 5.92 Å². The van der Waals surface area contributed by atoms with E-state index in [0.717, 1.165) is 12.0 Å². The molecule has 0 bridgehead atoms. The molecule has 136 valence electrons. The molecule has 0 spiro atoms. The standard InChI is InChI=1S/C18H27N5OS/c1-13(2)11-15(14-9-7-6-8-10-14)19-16(24)12-25-17-20-21-22-23(17)18(3,4)5/h6-10,13,15H,11-12H2,1-5H3,(H,19,24). The Morgan fingerprint density at radius 1 is 1.24 bits per heavy atom. The Kier molecular flexibility index (Phi) is 6.58. The van der Waals surface area contributed by atoms with Gasteiger partial charge in [0.15, 0.2) is 0 Å². The van der Waals surface area contributed by atoms with E-state index in [1.165, 1.54) is 11.8 Å². The van der Waals surface area contributed by atoms with Gasteiger partial charge in [0.05, 0.1) is 17.3 Å². The van der Waals surface area contributed by atoms with Crippen molar-refractivity contribution in [3.05, 3.63) is 35.9 Å². The Balaban J connectivity index is 1.99. The molecule has 0 saturated carbocycles. The van der Waals surface area contributed by atoms with Gasteiger partial charge >= 0.3 is 0 Å². The highest BCUT2D eigenvalue weighted by Crippen LogP contribution is 2.23. The van der Waals surface area contributed by atoms with Crippen LogP contribution in [0.5, 0.6) is 0 Å². The SMILES string of the molecule is CC(C)CC(NC(=O)CSc1nnnn1C(C)(C)C)c1ccccc1. The zero-order valence-electron chi connectivity index (χ0n) is 15.6. The van der Waals surface area contributed by atoms with E-state index in [9.17, 15) is 4.79 Å². The van der Waals surface area contributed by atoms with Gasteiger partial charge in [-0.2, -0.15) is 0 Å². The molecular weight excluding hydrogens is 334 g/mol. The molecule has 0 aliphatic carbocycles. The summed E-state index contributed by atoms with van der Waals surface area (Å²) in [6.45, 7) is 10.4. The van der Waals surface area contributed by atoms with Crippen molar-refractivity contribution in [2.75, 3.05) is 5.75 Å². The number of hydrogen-bond acceptors (Lipinski definition) is 5. The molecule has 1 atom stereocenters. The molecular formula is C18H27N5OS. The number of nitrogens with zero attached hydrogens (tertiary/aromatic N) is 4. The summed E-state index contributed by atoms with van der Waals surface area (Å²) < 4.78 is 1.74. The molecule has 1 unspecified atom stereocenters. The van der Waals surface area contributed by atoms with Crippen molar-refractivity contribution in [3.8, 4) is 0 Å². The fraction of sp³-hybridized carbons (Fsp3) is 0.556. The maximum absolute atomic E-state index is 12.5. The van der Waals surface area contributed by atoms with Gasteiger partial charge in [-0.05, 0) is 49.1 Å². The van der Waals surface area contributed by atoms with Crippen molar-refractivity contribution < 1.29 is 4.79 Å². The molecule has 0 fully saturated rings. The van der Waals surface area contributed by atoms with E-state index in [-0.39, 0.29) is 23.2 Å². The minimum atomic E-state index is -0.216. The Bertz CT molecular complexity index is 678. The van der Waals surface area contributed by atoms with Gasteiger partial charge in [0, 0.05) is 0 Å². The molecule has 1 heterocycles.